The summed E-state index contributed by atoms with van der Waals surface area (Å²) in [5.74, 6) is 0. The van der Waals surface area contributed by atoms with Gasteiger partial charge in [-0.3, -0.25) is 0 Å². The summed E-state index contributed by atoms with van der Waals surface area (Å²) in [6, 6.07) is 0. The Hall–Kier alpha value is -0.160. The SMILES string of the molecule is C1CCOC1.C1CCOOC1.CCOCC. The lowest BCUT2D eigenvalue weighted by atomic mass is 10.3. The van der Waals surface area contributed by atoms with E-state index in [0.717, 1.165) is 52.5 Å². The lowest BCUT2D eigenvalue weighted by molar-refractivity contribution is -0.312. The molecule has 2 fully saturated rings. The fourth-order valence-corrected chi connectivity index (χ4v) is 1.15. The van der Waals surface area contributed by atoms with Crippen molar-refractivity contribution in [2.24, 2.45) is 0 Å². The molecule has 0 bridgehead atoms. The highest BCUT2D eigenvalue weighted by molar-refractivity contribution is 4.43. The Morgan fingerprint density at radius 3 is 1.31 bits per heavy atom. The third kappa shape index (κ3) is 13.8. The van der Waals surface area contributed by atoms with E-state index < -0.39 is 0 Å². The maximum Gasteiger partial charge on any atom is 0.0823 e. The topological polar surface area (TPSA) is 36.9 Å². The summed E-state index contributed by atoms with van der Waals surface area (Å²) in [7, 11) is 0. The van der Waals surface area contributed by atoms with Crippen molar-refractivity contribution in [2.75, 3.05) is 39.6 Å². The Kier molecular flexibility index (Phi) is 14.7. The normalized spacial score (nSPS) is 19.1. The van der Waals surface area contributed by atoms with E-state index >= 15 is 0 Å². The predicted molar refractivity (Wildman–Crippen MR) is 63.4 cm³/mol. The van der Waals surface area contributed by atoms with E-state index in [1.54, 1.807) is 0 Å². The van der Waals surface area contributed by atoms with Gasteiger partial charge in [0.25, 0.3) is 0 Å². The molecule has 98 valence electrons. The summed E-state index contributed by atoms with van der Waals surface area (Å²) in [5, 5.41) is 0. The molecule has 2 saturated heterocycles. The average molecular weight is 234 g/mol. The van der Waals surface area contributed by atoms with Crippen LogP contribution in [0.2, 0.25) is 0 Å². The van der Waals surface area contributed by atoms with Gasteiger partial charge in [0.2, 0.25) is 0 Å². The predicted octanol–water partition coefficient (Wildman–Crippen LogP) is 2.57. The molecule has 0 unspecified atom stereocenters. The van der Waals surface area contributed by atoms with Gasteiger partial charge in [0.15, 0.2) is 0 Å². The van der Waals surface area contributed by atoms with Crippen molar-refractivity contribution in [1.29, 1.82) is 0 Å². The molecule has 0 amide bonds. The summed E-state index contributed by atoms with van der Waals surface area (Å²) >= 11 is 0. The molecule has 2 aliphatic rings. The second kappa shape index (κ2) is 14.8. The van der Waals surface area contributed by atoms with Crippen LogP contribution in [-0.4, -0.2) is 39.6 Å². The van der Waals surface area contributed by atoms with Crippen LogP contribution in [-0.2, 0) is 19.2 Å². The molecule has 2 heterocycles. The molecule has 0 aromatic carbocycles. The highest BCUT2D eigenvalue weighted by Gasteiger charge is 1.96. The summed E-state index contributed by atoms with van der Waals surface area (Å²) in [6.45, 7) is 9.22. The molecule has 0 N–H and O–H groups in total. The highest BCUT2D eigenvalue weighted by Crippen LogP contribution is 1.98. The van der Waals surface area contributed by atoms with Gasteiger partial charge in [0.05, 0.1) is 13.2 Å². The largest absolute Gasteiger partial charge is 0.382 e. The smallest absolute Gasteiger partial charge is 0.0823 e. The van der Waals surface area contributed by atoms with Crippen LogP contribution in [0, 0.1) is 0 Å². The van der Waals surface area contributed by atoms with E-state index in [-0.39, 0.29) is 0 Å². The molecule has 16 heavy (non-hydrogen) atoms. The first-order chi connectivity index (χ1) is 7.91. The summed E-state index contributed by atoms with van der Waals surface area (Å²) in [6.07, 6.45) is 4.86. The molecule has 2 rings (SSSR count). The van der Waals surface area contributed by atoms with Crippen LogP contribution >= 0.6 is 0 Å². The minimum absolute atomic E-state index is 0.778. The van der Waals surface area contributed by atoms with Gasteiger partial charge in [0.1, 0.15) is 0 Å². The number of hydrogen-bond donors (Lipinski definition) is 0. The van der Waals surface area contributed by atoms with Gasteiger partial charge in [-0.2, -0.15) is 0 Å². The van der Waals surface area contributed by atoms with Crippen molar-refractivity contribution >= 4 is 0 Å². The van der Waals surface area contributed by atoms with Gasteiger partial charge in [-0.15, -0.1) is 0 Å². The molecule has 0 aromatic heterocycles. The molecule has 0 radical (unpaired) electrons. The van der Waals surface area contributed by atoms with Gasteiger partial charge >= 0.3 is 0 Å². The molecule has 0 saturated carbocycles. The fraction of sp³-hybridized carbons (Fsp3) is 1.00. The van der Waals surface area contributed by atoms with E-state index in [1.807, 2.05) is 13.8 Å². The minimum Gasteiger partial charge on any atom is -0.382 e. The first kappa shape index (κ1) is 15.8. The molecule has 0 aromatic rings. The van der Waals surface area contributed by atoms with Crippen molar-refractivity contribution in [3.05, 3.63) is 0 Å². The zero-order valence-electron chi connectivity index (χ0n) is 10.7. The van der Waals surface area contributed by atoms with Gasteiger partial charge in [-0.05, 0) is 39.5 Å². The van der Waals surface area contributed by atoms with Crippen LogP contribution in [0.3, 0.4) is 0 Å². The Bertz CT molecular complexity index is 90.5. The van der Waals surface area contributed by atoms with E-state index in [2.05, 4.69) is 9.78 Å². The Morgan fingerprint density at radius 1 is 0.750 bits per heavy atom. The van der Waals surface area contributed by atoms with E-state index in [1.165, 1.54) is 12.8 Å². The standard InChI is InChI=1S/C4H8O2.C4H8O.C4H10O/c1-2-4-6-5-3-1;1-2-4-5-3-1;1-3-5-4-2/h1-4H2;1-4H2;3-4H2,1-2H3. The monoisotopic (exact) mass is 234 g/mol. The maximum absolute atomic E-state index is 4.94. The maximum atomic E-state index is 4.94. The summed E-state index contributed by atoms with van der Waals surface area (Å²) in [5.41, 5.74) is 0. The van der Waals surface area contributed by atoms with Crippen LogP contribution < -0.4 is 0 Å². The average Bonchev–Trinajstić information content (AvgIpc) is 2.92. The lowest BCUT2D eigenvalue weighted by Gasteiger charge is -2.07. The van der Waals surface area contributed by atoms with Crippen LogP contribution in [0.4, 0.5) is 0 Å². The first-order valence-electron chi connectivity index (χ1n) is 6.31. The van der Waals surface area contributed by atoms with Crippen LogP contribution in [0.15, 0.2) is 0 Å². The third-order valence-corrected chi connectivity index (χ3v) is 2.02. The first-order valence-corrected chi connectivity index (χ1v) is 6.31. The van der Waals surface area contributed by atoms with E-state index in [4.69, 9.17) is 9.47 Å². The van der Waals surface area contributed by atoms with Crippen molar-refractivity contribution in [3.63, 3.8) is 0 Å². The van der Waals surface area contributed by atoms with E-state index in [9.17, 15) is 0 Å². The van der Waals surface area contributed by atoms with Crippen molar-refractivity contribution in [3.8, 4) is 0 Å². The molecular formula is C12H26O4. The lowest BCUT2D eigenvalue weighted by Crippen LogP contribution is -2.05. The number of rotatable bonds is 2. The van der Waals surface area contributed by atoms with E-state index in [0.29, 0.717) is 0 Å². The second-order valence-corrected chi connectivity index (χ2v) is 3.45. The van der Waals surface area contributed by atoms with Gasteiger partial charge in [-0.1, -0.05) is 0 Å². The van der Waals surface area contributed by atoms with Crippen molar-refractivity contribution in [2.45, 2.75) is 39.5 Å². The zero-order chi connectivity index (χ0) is 11.9. The molecular weight excluding hydrogens is 208 g/mol. The second-order valence-electron chi connectivity index (χ2n) is 3.45. The van der Waals surface area contributed by atoms with Crippen LogP contribution in [0.5, 0.6) is 0 Å². The summed E-state index contributed by atoms with van der Waals surface area (Å²) < 4.78 is 9.78. The van der Waals surface area contributed by atoms with Crippen molar-refractivity contribution in [1.82, 2.24) is 0 Å². The molecule has 0 spiro atoms. The molecule has 0 atom stereocenters. The third-order valence-electron chi connectivity index (χ3n) is 2.02. The fourth-order valence-electron chi connectivity index (χ4n) is 1.15. The minimum atomic E-state index is 0.778. The number of ether oxygens (including phenoxy) is 2. The molecule has 4 heteroatoms. The Labute approximate surface area is 99.1 Å². The molecule has 0 aliphatic carbocycles. The van der Waals surface area contributed by atoms with Gasteiger partial charge < -0.3 is 9.47 Å². The Morgan fingerprint density at radius 2 is 1.19 bits per heavy atom. The zero-order valence-corrected chi connectivity index (χ0v) is 10.7. The van der Waals surface area contributed by atoms with Crippen LogP contribution in [0.1, 0.15) is 39.5 Å². The Balaban J connectivity index is 0.000000213. The number of hydrogen-bond acceptors (Lipinski definition) is 4. The highest BCUT2D eigenvalue weighted by atomic mass is 17.2. The quantitative estimate of drug-likeness (QED) is 0.688. The summed E-state index contributed by atoms with van der Waals surface area (Å²) in [4.78, 5) is 9.14. The van der Waals surface area contributed by atoms with Gasteiger partial charge in [-0.25, -0.2) is 9.78 Å². The van der Waals surface area contributed by atoms with Crippen LogP contribution in [0.25, 0.3) is 0 Å². The molecule has 2 aliphatic heterocycles. The van der Waals surface area contributed by atoms with Gasteiger partial charge in [0, 0.05) is 26.4 Å². The van der Waals surface area contributed by atoms with Crippen molar-refractivity contribution < 1.29 is 19.2 Å². The molecule has 4 nitrogen and oxygen atoms in total.